The molecule has 3 aliphatic heterocycles. The highest BCUT2D eigenvalue weighted by Gasteiger charge is 2.50. The molecule has 0 spiro atoms. The average molecular weight is 523 g/mol. The van der Waals surface area contributed by atoms with Gasteiger partial charge in [0.25, 0.3) is 0 Å². The molecular weight excluding hydrogens is 492 g/mol. The van der Waals surface area contributed by atoms with Gasteiger partial charge >= 0.3 is 11.9 Å². The van der Waals surface area contributed by atoms with Crippen LogP contribution in [0.5, 0.6) is 0 Å². The van der Waals surface area contributed by atoms with Crippen molar-refractivity contribution in [3.05, 3.63) is 53.8 Å². The van der Waals surface area contributed by atoms with Gasteiger partial charge in [0.2, 0.25) is 12.6 Å². The molecule has 1 aromatic rings. The molecule has 0 bridgehead atoms. The Bertz CT molecular complexity index is 993. The van der Waals surface area contributed by atoms with E-state index in [0.29, 0.717) is 0 Å². The Kier molecular flexibility index (Phi) is 8.92. The van der Waals surface area contributed by atoms with Crippen molar-refractivity contribution in [2.75, 3.05) is 20.3 Å². The highest BCUT2D eigenvalue weighted by atomic mass is 16.8. The van der Waals surface area contributed by atoms with Crippen LogP contribution in [-0.4, -0.2) is 96.0 Å². The van der Waals surface area contributed by atoms with Crippen molar-refractivity contribution in [1.29, 1.82) is 0 Å². The largest absolute Gasteiger partial charge is 0.471 e. The summed E-state index contributed by atoms with van der Waals surface area (Å²) in [6.45, 7) is -0.676. The second-order valence-corrected chi connectivity index (χ2v) is 8.85. The minimum Gasteiger partial charge on any atom is -0.471 e. The number of ether oxygens (including phenoxy) is 6. The molecule has 0 amide bonds. The number of esters is 2. The number of benzene rings is 1. The van der Waals surface area contributed by atoms with Crippen LogP contribution < -0.4 is 0 Å². The van der Waals surface area contributed by atoms with Crippen molar-refractivity contribution in [2.24, 2.45) is 11.8 Å². The molecule has 12 nitrogen and oxygen atoms in total. The fourth-order valence-electron chi connectivity index (χ4n) is 4.48. The number of hydrogen-bond donors (Lipinski definition) is 4. The lowest BCUT2D eigenvalue weighted by molar-refractivity contribution is -0.347. The van der Waals surface area contributed by atoms with Crippen LogP contribution in [0.1, 0.15) is 12.0 Å². The molecule has 0 aromatic heterocycles. The van der Waals surface area contributed by atoms with E-state index in [4.69, 9.17) is 28.4 Å². The van der Waals surface area contributed by atoms with Crippen molar-refractivity contribution in [1.82, 2.24) is 0 Å². The lowest BCUT2D eigenvalue weighted by atomic mass is 9.80. The molecule has 12 heteroatoms. The Morgan fingerprint density at radius 1 is 1.08 bits per heavy atom. The second kappa shape index (κ2) is 12.1. The maximum absolute atomic E-state index is 12.4. The highest BCUT2D eigenvalue weighted by Crippen LogP contribution is 2.40. The first-order valence-corrected chi connectivity index (χ1v) is 11.8. The van der Waals surface area contributed by atoms with Crippen LogP contribution in [0.25, 0.3) is 6.08 Å². The number of aliphatic hydroxyl groups is 4. The van der Waals surface area contributed by atoms with Crippen molar-refractivity contribution in [3.63, 3.8) is 0 Å². The number of carbonyl (C=O) groups is 2. The third-order valence-corrected chi connectivity index (χ3v) is 6.51. The Morgan fingerprint density at radius 2 is 1.84 bits per heavy atom. The number of methoxy groups -OCH3 is 1. The number of carbonyl (C=O) groups excluding carboxylic acids is 2. The fourth-order valence-corrected chi connectivity index (χ4v) is 4.48. The molecule has 0 unspecified atom stereocenters. The maximum atomic E-state index is 12.4. The molecule has 2 fully saturated rings. The van der Waals surface area contributed by atoms with Gasteiger partial charge in [-0.05, 0) is 11.6 Å². The fraction of sp³-hybridized carbons (Fsp3) is 0.520. The van der Waals surface area contributed by atoms with E-state index in [9.17, 15) is 30.0 Å². The molecule has 3 aliphatic rings. The minimum absolute atomic E-state index is 0.0541. The summed E-state index contributed by atoms with van der Waals surface area (Å²) in [5.74, 6) is -2.45. The zero-order chi connectivity index (χ0) is 26.5. The number of hydrogen-bond acceptors (Lipinski definition) is 12. The Balaban J connectivity index is 1.44. The molecule has 37 heavy (non-hydrogen) atoms. The standard InChI is InChI=1S/C25H30O12/c1-32-23(31)15-11-34-24(37-25-22(30)21(29)20(28)17(10-26)35-25)16-12-33-19(9-14(15)16)36-18(27)8-7-13-5-3-2-4-6-13/h2-8,11,14,16-17,19-22,24-26,28-30H,9-10,12H2,1H3/b8-7+/t14-,16-,17-,19+,20-,21+,22-,24+,25+/m1/s1. The first-order valence-electron chi connectivity index (χ1n) is 11.8. The topological polar surface area (TPSA) is 170 Å². The van der Waals surface area contributed by atoms with Crippen LogP contribution in [0.3, 0.4) is 0 Å². The maximum Gasteiger partial charge on any atom is 0.337 e. The van der Waals surface area contributed by atoms with E-state index in [1.807, 2.05) is 30.3 Å². The Morgan fingerprint density at radius 3 is 2.54 bits per heavy atom. The minimum atomic E-state index is -1.64. The zero-order valence-corrected chi connectivity index (χ0v) is 20.0. The summed E-state index contributed by atoms with van der Waals surface area (Å²) in [5, 5.41) is 39.8. The summed E-state index contributed by atoms with van der Waals surface area (Å²) in [6.07, 6.45) is -5.36. The van der Waals surface area contributed by atoms with Gasteiger partial charge in [-0.1, -0.05) is 30.3 Å². The lowest BCUT2D eigenvalue weighted by Gasteiger charge is -2.45. The van der Waals surface area contributed by atoms with E-state index in [1.165, 1.54) is 19.4 Å². The van der Waals surface area contributed by atoms with Gasteiger partial charge in [-0.2, -0.15) is 0 Å². The molecule has 4 N–H and O–H groups in total. The average Bonchev–Trinajstić information content (AvgIpc) is 2.92. The number of aliphatic hydroxyl groups excluding tert-OH is 4. The normalized spacial score (nSPS) is 35.7. The van der Waals surface area contributed by atoms with Crippen LogP contribution in [0, 0.1) is 11.8 Å². The van der Waals surface area contributed by atoms with Gasteiger partial charge in [0.05, 0.1) is 38.1 Å². The van der Waals surface area contributed by atoms with Crippen LogP contribution >= 0.6 is 0 Å². The van der Waals surface area contributed by atoms with Crippen molar-refractivity contribution in [2.45, 2.75) is 49.7 Å². The second-order valence-electron chi connectivity index (χ2n) is 8.85. The summed E-state index contributed by atoms with van der Waals surface area (Å²) < 4.78 is 32.7. The summed E-state index contributed by atoms with van der Waals surface area (Å²) in [5.41, 5.74) is 1.00. The predicted molar refractivity (Wildman–Crippen MR) is 123 cm³/mol. The molecule has 0 aliphatic carbocycles. The SMILES string of the molecule is COC(=O)C1=CO[C@@H](O[C@@H]2O[C@H](CO)[C@@H](O)[C@H](O)[C@H]2O)[C@@H]2CO[C@@H](OC(=O)/C=C/c3ccccc3)C[C@H]12. The van der Waals surface area contributed by atoms with Crippen molar-refractivity contribution in [3.8, 4) is 0 Å². The van der Waals surface area contributed by atoms with E-state index in [2.05, 4.69) is 0 Å². The van der Waals surface area contributed by atoms with E-state index in [1.54, 1.807) is 6.08 Å². The van der Waals surface area contributed by atoms with Gasteiger partial charge in [0, 0.05) is 18.4 Å². The van der Waals surface area contributed by atoms with E-state index >= 15 is 0 Å². The smallest absolute Gasteiger partial charge is 0.337 e. The summed E-state index contributed by atoms with van der Waals surface area (Å²) in [6, 6.07) is 9.19. The third-order valence-electron chi connectivity index (χ3n) is 6.51. The van der Waals surface area contributed by atoms with Gasteiger partial charge in [-0.3, -0.25) is 0 Å². The molecule has 202 valence electrons. The summed E-state index contributed by atoms with van der Waals surface area (Å²) in [4.78, 5) is 24.7. The molecular formula is C25H30O12. The first kappa shape index (κ1) is 27.2. The van der Waals surface area contributed by atoms with Crippen molar-refractivity contribution < 1.29 is 58.4 Å². The monoisotopic (exact) mass is 522 g/mol. The molecule has 1 aromatic carbocycles. The Hall–Kier alpha value is -2.84. The molecule has 0 saturated carbocycles. The van der Waals surface area contributed by atoms with Gasteiger partial charge in [-0.25, -0.2) is 9.59 Å². The van der Waals surface area contributed by atoms with E-state index in [-0.39, 0.29) is 18.6 Å². The van der Waals surface area contributed by atoms with E-state index < -0.39 is 73.7 Å². The van der Waals surface area contributed by atoms with Gasteiger partial charge in [0.1, 0.15) is 24.4 Å². The molecule has 2 saturated heterocycles. The van der Waals surface area contributed by atoms with Crippen LogP contribution in [0.4, 0.5) is 0 Å². The molecule has 3 heterocycles. The number of rotatable bonds is 7. The van der Waals surface area contributed by atoms with Crippen LogP contribution in [0.15, 0.2) is 48.2 Å². The lowest BCUT2D eigenvalue weighted by Crippen LogP contribution is -2.60. The summed E-state index contributed by atoms with van der Waals surface area (Å²) in [7, 11) is 1.22. The molecule has 4 rings (SSSR count). The van der Waals surface area contributed by atoms with Gasteiger partial charge < -0.3 is 48.8 Å². The van der Waals surface area contributed by atoms with Crippen LogP contribution in [-0.2, 0) is 38.0 Å². The van der Waals surface area contributed by atoms with Crippen LogP contribution in [0.2, 0.25) is 0 Å². The highest BCUT2D eigenvalue weighted by molar-refractivity contribution is 5.89. The van der Waals surface area contributed by atoms with E-state index in [0.717, 1.165) is 5.56 Å². The Labute approximate surface area is 212 Å². The van der Waals surface area contributed by atoms with Crippen molar-refractivity contribution >= 4 is 18.0 Å². The number of fused-ring (bicyclic) bond motifs is 1. The first-order chi connectivity index (χ1) is 17.8. The zero-order valence-electron chi connectivity index (χ0n) is 20.0. The predicted octanol–water partition coefficient (Wildman–Crippen LogP) is -0.548. The quantitative estimate of drug-likeness (QED) is 0.267. The van der Waals surface area contributed by atoms with Gasteiger partial charge in [0.15, 0.2) is 6.29 Å². The molecule has 9 atom stereocenters. The van der Waals surface area contributed by atoms with Gasteiger partial charge in [-0.15, -0.1) is 0 Å². The third kappa shape index (κ3) is 6.18. The summed E-state index contributed by atoms with van der Waals surface area (Å²) >= 11 is 0. The molecule has 0 radical (unpaired) electrons.